The fraction of sp³-hybridized carbons (Fsp3) is 0.357. The quantitative estimate of drug-likeness (QED) is 0.889. The average Bonchev–Trinajstić information content (AvgIpc) is 2.85. The van der Waals surface area contributed by atoms with Gasteiger partial charge in [-0.05, 0) is 25.1 Å². The highest BCUT2D eigenvalue weighted by Gasteiger charge is 2.14. The minimum Gasteiger partial charge on any atom is -0.493 e. The second kappa shape index (κ2) is 6.43. The first-order valence-electron chi connectivity index (χ1n) is 6.38. The van der Waals surface area contributed by atoms with Crippen LogP contribution in [0.5, 0.6) is 11.5 Å². The molecular weight excluding hydrogens is 280 g/mol. The first-order valence-corrected chi connectivity index (χ1v) is 6.38. The number of ether oxygens (including phenoxy) is 2. The van der Waals surface area contributed by atoms with Gasteiger partial charge in [-0.3, -0.25) is 4.68 Å². The summed E-state index contributed by atoms with van der Waals surface area (Å²) in [6.07, 6.45) is 1.70. The molecule has 2 aromatic rings. The molecule has 0 fully saturated rings. The van der Waals surface area contributed by atoms with Crippen LogP contribution in [0.25, 0.3) is 0 Å². The third kappa shape index (κ3) is 3.62. The summed E-state index contributed by atoms with van der Waals surface area (Å²) in [6.45, 7) is -0.946. The Hall–Kier alpha value is -2.31. The molecule has 7 heteroatoms. The number of hydrogen-bond acceptors (Lipinski definition) is 4. The van der Waals surface area contributed by atoms with E-state index in [2.05, 4.69) is 15.2 Å². The molecule has 0 spiro atoms. The Balaban J connectivity index is 2.18. The first kappa shape index (κ1) is 15.1. The molecule has 0 amide bonds. The number of aromatic nitrogens is 2. The molecule has 1 aromatic carbocycles. The molecule has 0 saturated carbocycles. The van der Waals surface area contributed by atoms with E-state index in [4.69, 9.17) is 4.74 Å². The Kier molecular flexibility index (Phi) is 4.62. The van der Waals surface area contributed by atoms with Crippen LogP contribution in [0.3, 0.4) is 0 Å². The van der Waals surface area contributed by atoms with Crippen LogP contribution in [0.15, 0.2) is 30.5 Å². The largest absolute Gasteiger partial charge is 0.493 e. The van der Waals surface area contributed by atoms with E-state index in [9.17, 15) is 8.78 Å². The fourth-order valence-corrected chi connectivity index (χ4v) is 2.09. The number of alkyl halides is 2. The summed E-state index contributed by atoms with van der Waals surface area (Å²) >= 11 is 0. The van der Waals surface area contributed by atoms with Crippen LogP contribution in [0.2, 0.25) is 0 Å². The zero-order valence-electron chi connectivity index (χ0n) is 12.0. The van der Waals surface area contributed by atoms with Crippen molar-refractivity contribution < 1.29 is 18.3 Å². The summed E-state index contributed by atoms with van der Waals surface area (Å²) in [5.41, 5.74) is 1.63. The van der Waals surface area contributed by atoms with Crippen LogP contribution in [-0.4, -0.2) is 23.5 Å². The molecule has 1 N–H and O–H groups in total. The number of rotatable bonds is 6. The van der Waals surface area contributed by atoms with Crippen molar-refractivity contribution in [3.63, 3.8) is 0 Å². The third-order valence-electron chi connectivity index (χ3n) is 3.07. The predicted octanol–water partition coefficient (Wildman–Crippen LogP) is 3.20. The van der Waals surface area contributed by atoms with Gasteiger partial charge in [-0.2, -0.15) is 13.9 Å². The van der Waals surface area contributed by atoms with Gasteiger partial charge in [0.1, 0.15) is 0 Å². The summed E-state index contributed by atoms with van der Waals surface area (Å²) in [7, 11) is 3.24. The number of benzene rings is 1. The molecule has 2 rings (SSSR count). The van der Waals surface area contributed by atoms with Crippen molar-refractivity contribution in [1.82, 2.24) is 9.78 Å². The Morgan fingerprint density at radius 2 is 2.00 bits per heavy atom. The van der Waals surface area contributed by atoms with Gasteiger partial charge in [0.25, 0.3) is 0 Å². The molecule has 114 valence electrons. The first-order chi connectivity index (χ1) is 10.0. The number of nitrogens with one attached hydrogen (secondary N) is 1. The standard InChI is InChI=1S/C14H17F2N3O2/c1-9(11-6-7-17-19(11)2)18-10-4-5-12(20-3)13(8-10)21-14(15)16/h4-9,14,18H,1-3H3. The van der Waals surface area contributed by atoms with Crippen molar-refractivity contribution in [3.8, 4) is 11.5 Å². The fourth-order valence-electron chi connectivity index (χ4n) is 2.09. The number of aryl methyl sites for hydroxylation is 1. The van der Waals surface area contributed by atoms with E-state index in [0.29, 0.717) is 5.69 Å². The normalized spacial score (nSPS) is 12.3. The maximum Gasteiger partial charge on any atom is 0.387 e. The van der Waals surface area contributed by atoms with Crippen molar-refractivity contribution in [2.24, 2.45) is 7.05 Å². The van der Waals surface area contributed by atoms with Crippen LogP contribution in [-0.2, 0) is 7.05 Å². The zero-order valence-corrected chi connectivity index (χ0v) is 12.0. The number of halogens is 2. The van der Waals surface area contributed by atoms with E-state index in [1.54, 1.807) is 23.0 Å². The van der Waals surface area contributed by atoms with E-state index in [1.165, 1.54) is 13.2 Å². The topological polar surface area (TPSA) is 48.3 Å². The van der Waals surface area contributed by atoms with Gasteiger partial charge in [-0.25, -0.2) is 0 Å². The van der Waals surface area contributed by atoms with Gasteiger partial charge in [0, 0.05) is 25.0 Å². The van der Waals surface area contributed by atoms with E-state index < -0.39 is 6.61 Å². The van der Waals surface area contributed by atoms with Gasteiger partial charge in [0.05, 0.1) is 18.8 Å². The monoisotopic (exact) mass is 297 g/mol. The van der Waals surface area contributed by atoms with Crippen LogP contribution < -0.4 is 14.8 Å². The summed E-state index contributed by atoms with van der Waals surface area (Å²) in [4.78, 5) is 0. The van der Waals surface area contributed by atoms with Crippen LogP contribution >= 0.6 is 0 Å². The lowest BCUT2D eigenvalue weighted by atomic mass is 10.2. The Bertz CT molecular complexity index is 602. The Morgan fingerprint density at radius 3 is 2.57 bits per heavy atom. The summed E-state index contributed by atoms with van der Waals surface area (Å²) < 4.78 is 36.0. The maximum absolute atomic E-state index is 12.4. The molecule has 0 radical (unpaired) electrons. The smallest absolute Gasteiger partial charge is 0.387 e. The summed E-state index contributed by atoms with van der Waals surface area (Å²) in [5, 5.41) is 7.31. The minimum atomic E-state index is -2.90. The molecule has 21 heavy (non-hydrogen) atoms. The van der Waals surface area contributed by atoms with E-state index in [0.717, 1.165) is 5.69 Å². The van der Waals surface area contributed by atoms with Gasteiger partial charge in [-0.15, -0.1) is 0 Å². The molecule has 1 aromatic heterocycles. The van der Waals surface area contributed by atoms with E-state index in [1.807, 2.05) is 20.0 Å². The molecule has 0 aliphatic rings. The van der Waals surface area contributed by atoms with Crippen molar-refractivity contribution in [2.45, 2.75) is 19.6 Å². The molecule has 5 nitrogen and oxygen atoms in total. The second-order valence-corrected chi connectivity index (χ2v) is 4.49. The second-order valence-electron chi connectivity index (χ2n) is 4.49. The highest BCUT2D eigenvalue weighted by atomic mass is 19.3. The van der Waals surface area contributed by atoms with Gasteiger partial charge in [-0.1, -0.05) is 0 Å². The lowest BCUT2D eigenvalue weighted by molar-refractivity contribution is -0.0511. The van der Waals surface area contributed by atoms with Crippen LogP contribution in [0.1, 0.15) is 18.7 Å². The van der Waals surface area contributed by atoms with Crippen molar-refractivity contribution in [2.75, 3.05) is 12.4 Å². The molecule has 1 heterocycles. The third-order valence-corrected chi connectivity index (χ3v) is 3.07. The lowest BCUT2D eigenvalue weighted by Crippen LogP contribution is -2.11. The molecule has 0 bridgehead atoms. The molecule has 0 saturated heterocycles. The Morgan fingerprint density at radius 1 is 1.24 bits per heavy atom. The Labute approximate surface area is 121 Å². The summed E-state index contributed by atoms with van der Waals surface area (Å²) in [6, 6.07) is 6.65. The van der Waals surface area contributed by atoms with Gasteiger partial charge in [0.15, 0.2) is 11.5 Å². The molecule has 1 unspecified atom stereocenters. The maximum atomic E-state index is 12.4. The zero-order chi connectivity index (χ0) is 15.4. The van der Waals surface area contributed by atoms with Crippen molar-refractivity contribution in [3.05, 3.63) is 36.2 Å². The molecule has 0 aliphatic carbocycles. The van der Waals surface area contributed by atoms with Gasteiger partial charge in [0.2, 0.25) is 0 Å². The molecule has 1 atom stereocenters. The summed E-state index contributed by atoms with van der Waals surface area (Å²) in [5.74, 6) is 0.253. The van der Waals surface area contributed by atoms with E-state index in [-0.39, 0.29) is 17.5 Å². The van der Waals surface area contributed by atoms with Crippen LogP contribution in [0.4, 0.5) is 14.5 Å². The lowest BCUT2D eigenvalue weighted by Gasteiger charge is -2.17. The van der Waals surface area contributed by atoms with Crippen molar-refractivity contribution >= 4 is 5.69 Å². The van der Waals surface area contributed by atoms with Crippen LogP contribution in [0, 0.1) is 0 Å². The number of hydrogen-bond donors (Lipinski definition) is 1. The number of methoxy groups -OCH3 is 1. The van der Waals surface area contributed by atoms with Crippen molar-refractivity contribution in [1.29, 1.82) is 0 Å². The minimum absolute atomic E-state index is 0.00490. The number of nitrogens with zero attached hydrogens (tertiary/aromatic N) is 2. The highest BCUT2D eigenvalue weighted by molar-refractivity contribution is 5.55. The predicted molar refractivity (Wildman–Crippen MR) is 74.9 cm³/mol. The SMILES string of the molecule is COc1ccc(NC(C)c2ccnn2C)cc1OC(F)F. The molecule has 0 aliphatic heterocycles. The average molecular weight is 297 g/mol. The highest BCUT2D eigenvalue weighted by Crippen LogP contribution is 2.32. The van der Waals surface area contributed by atoms with Gasteiger partial charge < -0.3 is 14.8 Å². The van der Waals surface area contributed by atoms with E-state index >= 15 is 0 Å². The molecular formula is C14H17F2N3O2. The number of anilines is 1. The van der Waals surface area contributed by atoms with Gasteiger partial charge >= 0.3 is 6.61 Å².